The molecule has 0 bridgehead atoms. The maximum atomic E-state index is 12.6. The average molecular weight is 444 g/mol. The molecule has 3 rings (SSSR count). The van der Waals surface area contributed by atoms with Gasteiger partial charge in [0.1, 0.15) is 11.5 Å². The fourth-order valence-electron chi connectivity index (χ4n) is 2.36. The number of hydrogen-bond donors (Lipinski definition) is 0. The molecule has 9 heteroatoms. The highest BCUT2D eigenvalue weighted by Gasteiger charge is 2.30. The molecule has 0 unspecified atom stereocenters. The molecular formula is C20H16ClF3N2O2S. The molecule has 0 saturated carbocycles. The van der Waals surface area contributed by atoms with Crippen LogP contribution in [-0.4, -0.2) is 9.86 Å². The van der Waals surface area contributed by atoms with Crippen LogP contribution in [0.15, 0.2) is 53.5 Å². The fourth-order valence-corrected chi connectivity index (χ4v) is 3.41. The van der Waals surface area contributed by atoms with E-state index in [0.717, 1.165) is 27.6 Å². The second-order valence-corrected chi connectivity index (χ2v) is 7.35. The smallest absolute Gasteiger partial charge is 0.416 e. The van der Waals surface area contributed by atoms with Crippen molar-refractivity contribution in [3.8, 4) is 11.5 Å². The van der Waals surface area contributed by atoms with E-state index in [1.165, 1.54) is 19.1 Å². The lowest BCUT2D eigenvalue weighted by Crippen LogP contribution is -2.06. The number of carbonyl (C=O) groups excluding carboxylic acids is 1. The highest BCUT2D eigenvalue weighted by molar-refractivity contribution is 7.04. The lowest BCUT2D eigenvalue weighted by Gasteiger charge is -2.09. The SMILES string of the molecule is [2H]C([2H])([2H])n1sc(=NC(=O)Cc2ccc(Oc3ccc(C(F)(F)F)cc3)cc2)c(Cl)c1C. The van der Waals surface area contributed by atoms with E-state index in [1.54, 1.807) is 24.3 Å². The van der Waals surface area contributed by atoms with Gasteiger partial charge in [-0.1, -0.05) is 23.7 Å². The number of ether oxygens (including phenoxy) is 1. The highest BCUT2D eigenvalue weighted by atomic mass is 35.5. The Morgan fingerprint density at radius 3 is 2.28 bits per heavy atom. The van der Waals surface area contributed by atoms with Gasteiger partial charge in [-0.05, 0) is 60.4 Å². The van der Waals surface area contributed by atoms with Crippen LogP contribution in [0.3, 0.4) is 0 Å². The largest absolute Gasteiger partial charge is 0.457 e. The summed E-state index contributed by atoms with van der Waals surface area (Å²) in [6, 6.07) is 10.7. The van der Waals surface area contributed by atoms with E-state index in [0.29, 0.717) is 17.0 Å². The third kappa shape index (κ3) is 5.27. The first-order valence-electron chi connectivity index (χ1n) is 9.75. The lowest BCUT2D eigenvalue weighted by molar-refractivity contribution is -0.137. The first-order valence-corrected chi connectivity index (χ1v) is 9.40. The molecule has 0 fully saturated rings. The van der Waals surface area contributed by atoms with E-state index in [-0.39, 0.29) is 21.9 Å². The number of rotatable bonds is 4. The number of aryl methyl sites for hydroxylation is 1. The van der Waals surface area contributed by atoms with Gasteiger partial charge in [0.15, 0.2) is 4.67 Å². The van der Waals surface area contributed by atoms with Crippen molar-refractivity contribution in [3.63, 3.8) is 0 Å². The lowest BCUT2D eigenvalue weighted by atomic mass is 10.1. The molecule has 0 spiro atoms. The Hall–Kier alpha value is -2.58. The Labute approximate surface area is 178 Å². The predicted molar refractivity (Wildman–Crippen MR) is 105 cm³/mol. The maximum Gasteiger partial charge on any atom is 0.416 e. The van der Waals surface area contributed by atoms with E-state index >= 15 is 0 Å². The molecule has 2 aromatic carbocycles. The molecule has 0 saturated heterocycles. The minimum absolute atomic E-state index is 0.0540. The number of benzene rings is 2. The number of hydrogen-bond acceptors (Lipinski definition) is 3. The van der Waals surface area contributed by atoms with Gasteiger partial charge in [0, 0.05) is 16.8 Å². The van der Waals surface area contributed by atoms with Gasteiger partial charge in [-0.15, -0.1) is 0 Å². The third-order valence-corrected chi connectivity index (χ3v) is 5.40. The van der Waals surface area contributed by atoms with Gasteiger partial charge in [0.2, 0.25) is 0 Å². The van der Waals surface area contributed by atoms with Crippen molar-refractivity contribution in [3.05, 3.63) is 75.0 Å². The Bertz CT molecular complexity index is 1190. The van der Waals surface area contributed by atoms with E-state index < -0.39 is 24.6 Å². The molecule has 3 aromatic rings. The van der Waals surface area contributed by atoms with E-state index in [4.69, 9.17) is 20.5 Å². The van der Waals surface area contributed by atoms with Gasteiger partial charge in [-0.3, -0.25) is 4.79 Å². The Kier molecular flexibility index (Phi) is 5.02. The molecule has 0 aliphatic carbocycles. The van der Waals surface area contributed by atoms with E-state index in [9.17, 15) is 18.0 Å². The van der Waals surface area contributed by atoms with Gasteiger partial charge in [0.25, 0.3) is 5.91 Å². The normalized spacial score (nSPS) is 14.2. The van der Waals surface area contributed by atoms with Crippen LogP contribution in [0.25, 0.3) is 0 Å². The molecule has 0 aliphatic heterocycles. The molecule has 4 nitrogen and oxygen atoms in total. The summed E-state index contributed by atoms with van der Waals surface area (Å²) >= 11 is 6.90. The first kappa shape index (κ1) is 17.3. The van der Waals surface area contributed by atoms with Crippen molar-refractivity contribution >= 4 is 29.0 Å². The van der Waals surface area contributed by atoms with Crippen molar-refractivity contribution in [2.75, 3.05) is 0 Å². The summed E-state index contributed by atoms with van der Waals surface area (Å²) in [5.41, 5.74) is 0.146. The summed E-state index contributed by atoms with van der Waals surface area (Å²) < 4.78 is 67.0. The monoisotopic (exact) mass is 443 g/mol. The van der Waals surface area contributed by atoms with Crippen molar-refractivity contribution in [1.29, 1.82) is 0 Å². The van der Waals surface area contributed by atoms with Crippen LogP contribution in [0.1, 0.15) is 20.9 Å². The molecule has 1 heterocycles. The maximum absolute atomic E-state index is 12.6. The van der Waals surface area contributed by atoms with Crippen LogP contribution >= 0.6 is 23.1 Å². The van der Waals surface area contributed by atoms with Gasteiger partial charge >= 0.3 is 6.18 Å². The molecule has 0 radical (unpaired) electrons. The zero-order valence-electron chi connectivity index (χ0n) is 18.0. The predicted octanol–water partition coefficient (Wildman–Crippen LogP) is 5.53. The van der Waals surface area contributed by atoms with Crippen LogP contribution in [0, 0.1) is 6.92 Å². The summed E-state index contributed by atoms with van der Waals surface area (Å²) in [7, 11) is 0. The molecule has 0 atom stereocenters. The Morgan fingerprint density at radius 1 is 1.17 bits per heavy atom. The van der Waals surface area contributed by atoms with Crippen molar-refractivity contribution < 1.29 is 26.8 Å². The van der Waals surface area contributed by atoms with Gasteiger partial charge in [-0.25, -0.2) is 0 Å². The Morgan fingerprint density at radius 2 is 1.76 bits per heavy atom. The standard InChI is InChI=1S/C20H16ClF3N2O2S/c1-12-18(21)19(29-26(12)2)25-17(27)11-13-3-7-15(8-4-13)28-16-9-5-14(6-10-16)20(22,23)24/h3-10H,11H2,1-2H3/i2D3. The average Bonchev–Trinajstić information content (AvgIpc) is 2.98. The second-order valence-electron chi connectivity index (χ2n) is 6.04. The number of halogens is 4. The van der Waals surface area contributed by atoms with Crippen LogP contribution in [0.5, 0.6) is 11.5 Å². The summed E-state index contributed by atoms with van der Waals surface area (Å²) in [6.07, 6.45) is -4.47. The molecule has 29 heavy (non-hydrogen) atoms. The van der Waals surface area contributed by atoms with E-state index in [2.05, 4.69) is 4.99 Å². The van der Waals surface area contributed by atoms with Crippen molar-refractivity contribution in [2.45, 2.75) is 19.5 Å². The molecule has 1 aromatic heterocycles. The highest BCUT2D eigenvalue weighted by Crippen LogP contribution is 2.31. The van der Waals surface area contributed by atoms with Crippen molar-refractivity contribution in [2.24, 2.45) is 12.0 Å². The minimum Gasteiger partial charge on any atom is -0.457 e. The number of nitrogens with zero attached hydrogens (tertiary/aromatic N) is 2. The summed E-state index contributed by atoms with van der Waals surface area (Å²) in [5, 5.41) is 0.111. The van der Waals surface area contributed by atoms with Crippen LogP contribution in [0.2, 0.25) is 5.02 Å². The van der Waals surface area contributed by atoms with Gasteiger partial charge in [-0.2, -0.15) is 18.2 Å². The number of alkyl halides is 3. The molecular weight excluding hydrogens is 425 g/mol. The number of carbonyl (C=O) groups is 1. The van der Waals surface area contributed by atoms with Crippen LogP contribution in [0.4, 0.5) is 13.2 Å². The molecule has 152 valence electrons. The topological polar surface area (TPSA) is 43.6 Å². The number of aromatic nitrogens is 1. The molecule has 0 aliphatic rings. The summed E-state index contributed by atoms with van der Waals surface area (Å²) in [6.45, 7) is -0.887. The Balaban J connectivity index is 1.68. The van der Waals surface area contributed by atoms with Gasteiger partial charge in [0.05, 0.1) is 17.0 Å². The van der Waals surface area contributed by atoms with Crippen LogP contribution < -0.4 is 9.41 Å². The summed E-state index contributed by atoms with van der Waals surface area (Å²) in [5.74, 6) is 0.109. The second kappa shape index (κ2) is 8.42. The fraction of sp³-hybridized carbons (Fsp3) is 0.200. The zero-order chi connectivity index (χ0) is 23.7. The molecule has 0 N–H and O–H groups in total. The first-order chi connectivity index (χ1) is 14.8. The number of amides is 1. The molecule has 1 amide bonds. The third-order valence-electron chi connectivity index (χ3n) is 3.91. The minimum atomic E-state index is -4.42. The zero-order valence-corrected chi connectivity index (χ0v) is 16.5. The quantitative estimate of drug-likeness (QED) is 0.532. The van der Waals surface area contributed by atoms with Crippen LogP contribution in [-0.2, 0) is 24.4 Å². The summed E-state index contributed by atoms with van der Waals surface area (Å²) in [4.78, 5) is 16.2. The van der Waals surface area contributed by atoms with Gasteiger partial charge < -0.3 is 8.69 Å². The van der Waals surface area contributed by atoms with E-state index in [1.807, 2.05) is 0 Å². The van der Waals surface area contributed by atoms with Crippen molar-refractivity contribution in [1.82, 2.24) is 3.96 Å².